The van der Waals surface area contributed by atoms with Gasteiger partial charge in [0.25, 0.3) is 0 Å². The minimum absolute atomic E-state index is 0.332. The quantitative estimate of drug-likeness (QED) is 0.779. The van der Waals surface area contributed by atoms with E-state index in [1.54, 1.807) is 18.5 Å². The summed E-state index contributed by atoms with van der Waals surface area (Å²) in [7, 11) is 1.64. The molecule has 0 unspecified atom stereocenters. The van der Waals surface area contributed by atoms with Gasteiger partial charge in [0, 0.05) is 18.2 Å². The van der Waals surface area contributed by atoms with Crippen LogP contribution in [-0.4, -0.2) is 35.9 Å². The van der Waals surface area contributed by atoms with Crippen LogP contribution in [0.15, 0.2) is 18.5 Å². The molecule has 2 heterocycles. The molecule has 0 radical (unpaired) electrons. The topological polar surface area (TPSA) is 52.8 Å². The molecule has 0 N–H and O–H groups in total. The zero-order valence-corrected chi connectivity index (χ0v) is 11.1. The van der Waals surface area contributed by atoms with E-state index in [0.717, 1.165) is 9.71 Å². The van der Waals surface area contributed by atoms with Gasteiger partial charge in [-0.2, -0.15) is 5.10 Å². The first kappa shape index (κ1) is 12.8. The number of nitrogens with zero attached hydrogens (tertiary/aromatic N) is 2. The summed E-state index contributed by atoms with van der Waals surface area (Å²) in [5, 5.41) is 4.13. The molecule has 0 bridgehead atoms. The molecule has 96 valence electrons. The molecule has 0 aliphatic rings. The molecule has 0 atom stereocenters. The number of fused-ring (bicyclic) bond motifs is 1. The van der Waals surface area contributed by atoms with Gasteiger partial charge < -0.3 is 9.47 Å². The van der Waals surface area contributed by atoms with Crippen LogP contribution in [0.2, 0.25) is 0 Å². The Kier molecular flexibility index (Phi) is 4.11. The van der Waals surface area contributed by atoms with Crippen molar-refractivity contribution in [3.63, 3.8) is 0 Å². The molecule has 0 amide bonds. The van der Waals surface area contributed by atoms with Crippen molar-refractivity contribution in [2.24, 2.45) is 0 Å². The maximum absolute atomic E-state index is 11.7. The third kappa shape index (κ3) is 2.60. The lowest BCUT2D eigenvalue weighted by Crippen LogP contribution is -2.03. The van der Waals surface area contributed by atoms with E-state index >= 15 is 0 Å². The Hall–Kier alpha value is -1.66. The van der Waals surface area contributed by atoms with Crippen LogP contribution in [0.3, 0.4) is 0 Å². The summed E-state index contributed by atoms with van der Waals surface area (Å²) in [6.45, 7) is 2.71. The third-order valence-electron chi connectivity index (χ3n) is 2.25. The maximum Gasteiger partial charge on any atom is 0.342 e. The highest BCUT2D eigenvalue weighted by Crippen LogP contribution is 2.23. The lowest BCUT2D eigenvalue weighted by atomic mass is 10.4. The summed E-state index contributed by atoms with van der Waals surface area (Å²) in [5.41, 5.74) is 0.508. The standard InChI is InChI=1S/C12H14N2O3S/c1-3-17-12(15)10-7-13-14-8-9(18-11(10)14)5-4-6-16-2/h4-5,7-8H,3,6H2,1-2H3/b5-4+. The molecule has 0 aromatic carbocycles. The van der Waals surface area contributed by atoms with Gasteiger partial charge in [0.1, 0.15) is 10.4 Å². The lowest BCUT2D eigenvalue weighted by Gasteiger charge is -1.96. The molecule has 0 aliphatic heterocycles. The van der Waals surface area contributed by atoms with Crippen LogP contribution in [-0.2, 0) is 9.47 Å². The summed E-state index contributed by atoms with van der Waals surface area (Å²) in [6, 6.07) is 0. The molecular formula is C12H14N2O3S. The molecule has 0 fully saturated rings. The Labute approximate surface area is 109 Å². The maximum atomic E-state index is 11.7. The van der Waals surface area contributed by atoms with Gasteiger partial charge in [0.15, 0.2) is 0 Å². The molecule has 18 heavy (non-hydrogen) atoms. The number of carbonyl (C=O) groups excluding carboxylic acids is 1. The van der Waals surface area contributed by atoms with E-state index < -0.39 is 0 Å². The second kappa shape index (κ2) is 5.79. The first-order chi connectivity index (χ1) is 8.76. The largest absolute Gasteiger partial charge is 0.462 e. The SMILES string of the molecule is CCOC(=O)c1cnn2cc(/C=C/COC)sc12. The first-order valence-corrected chi connectivity index (χ1v) is 6.37. The Balaban J connectivity index is 2.26. The van der Waals surface area contributed by atoms with Crippen molar-refractivity contribution in [3.05, 3.63) is 28.9 Å². The Morgan fingerprint density at radius 3 is 3.17 bits per heavy atom. The number of methoxy groups -OCH3 is 1. The second-order valence-corrected chi connectivity index (χ2v) is 4.58. The van der Waals surface area contributed by atoms with Crippen molar-refractivity contribution < 1.29 is 14.3 Å². The number of carbonyl (C=O) groups is 1. The number of aromatic nitrogens is 2. The zero-order chi connectivity index (χ0) is 13.0. The highest BCUT2D eigenvalue weighted by atomic mass is 32.1. The highest BCUT2D eigenvalue weighted by molar-refractivity contribution is 7.18. The van der Waals surface area contributed by atoms with E-state index in [-0.39, 0.29) is 5.97 Å². The van der Waals surface area contributed by atoms with Gasteiger partial charge in [-0.3, -0.25) is 0 Å². The van der Waals surface area contributed by atoms with E-state index in [1.807, 2.05) is 18.3 Å². The smallest absolute Gasteiger partial charge is 0.342 e. The van der Waals surface area contributed by atoms with E-state index in [2.05, 4.69) is 5.10 Å². The molecule has 0 aliphatic carbocycles. The summed E-state index contributed by atoms with van der Waals surface area (Å²) in [5.74, 6) is -0.332. The molecule has 0 saturated carbocycles. The molecule has 0 saturated heterocycles. The molecule has 2 aromatic heterocycles. The van der Waals surface area contributed by atoms with E-state index in [0.29, 0.717) is 18.8 Å². The van der Waals surface area contributed by atoms with Crippen molar-refractivity contribution in [2.75, 3.05) is 20.3 Å². The second-order valence-electron chi connectivity index (χ2n) is 3.52. The first-order valence-electron chi connectivity index (χ1n) is 5.56. The predicted molar refractivity (Wildman–Crippen MR) is 69.9 cm³/mol. The molecule has 6 heteroatoms. The Morgan fingerprint density at radius 1 is 1.61 bits per heavy atom. The van der Waals surface area contributed by atoms with Gasteiger partial charge in [-0.05, 0) is 13.0 Å². The van der Waals surface area contributed by atoms with Crippen molar-refractivity contribution in [2.45, 2.75) is 6.92 Å². The molecular weight excluding hydrogens is 252 g/mol. The van der Waals surface area contributed by atoms with Gasteiger partial charge in [-0.15, -0.1) is 11.3 Å². The number of thiazole rings is 1. The van der Waals surface area contributed by atoms with Gasteiger partial charge >= 0.3 is 5.97 Å². The van der Waals surface area contributed by atoms with Crippen LogP contribution in [0, 0.1) is 0 Å². The summed E-state index contributed by atoms with van der Waals surface area (Å²) in [4.78, 5) is 13.5. The van der Waals surface area contributed by atoms with Gasteiger partial charge in [-0.1, -0.05) is 6.08 Å². The van der Waals surface area contributed by atoms with Crippen molar-refractivity contribution >= 4 is 28.2 Å². The van der Waals surface area contributed by atoms with Crippen LogP contribution in [0.5, 0.6) is 0 Å². The van der Waals surface area contributed by atoms with E-state index in [9.17, 15) is 4.79 Å². The monoisotopic (exact) mass is 266 g/mol. The highest BCUT2D eigenvalue weighted by Gasteiger charge is 2.15. The lowest BCUT2D eigenvalue weighted by molar-refractivity contribution is 0.0529. The van der Waals surface area contributed by atoms with E-state index in [4.69, 9.17) is 9.47 Å². The van der Waals surface area contributed by atoms with Crippen molar-refractivity contribution in [1.82, 2.24) is 9.61 Å². The third-order valence-corrected chi connectivity index (χ3v) is 3.33. The zero-order valence-electron chi connectivity index (χ0n) is 10.3. The average molecular weight is 266 g/mol. The van der Waals surface area contributed by atoms with Crippen LogP contribution in [0.25, 0.3) is 10.9 Å². The molecule has 2 aromatic rings. The number of ether oxygens (including phenoxy) is 2. The van der Waals surface area contributed by atoms with Crippen LogP contribution < -0.4 is 0 Å². The Morgan fingerprint density at radius 2 is 2.44 bits per heavy atom. The molecule has 2 rings (SSSR count). The van der Waals surface area contributed by atoms with Crippen LogP contribution in [0.1, 0.15) is 22.2 Å². The fourth-order valence-electron chi connectivity index (χ4n) is 1.49. The number of esters is 1. The minimum atomic E-state index is -0.332. The van der Waals surface area contributed by atoms with Gasteiger partial charge in [0.2, 0.25) is 0 Å². The van der Waals surface area contributed by atoms with Crippen LogP contribution in [0.4, 0.5) is 0 Å². The number of hydrogen-bond acceptors (Lipinski definition) is 5. The fraction of sp³-hybridized carbons (Fsp3) is 0.333. The van der Waals surface area contributed by atoms with Crippen molar-refractivity contribution in [3.8, 4) is 0 Å². The van der Waals surface area contributed by atoms with E-state index in [1.165, 1.54) is 17.5 Å². The number of hydrogen-bond donors (Lipinski definition) is 0. The predicted octanol–water partition coefficient (Wildman–Crippen LogP) is 2.23. The number of rotatable bonds is 5. The van der Waals surface area contributed by atoms with Crippen molar-refractivity contribution in [1.29, 1.82) is 0 Å². The average Bonchev–Trinajstić information content (AvgIpc) is 2.89. The summed E-state index contributed by atoms with van der Waals surface area (Å²) in [6.07, 6.45) is 7.26. The minimum Gasteiger partial charge on any atom is -0.462 e. The molecule has 0 spiro atoms. The Bertz CT molecular complexity index is 571. The molecule has 5 nitrogen and oxygen atoms in total. The fourth-order valence-corrected chi connectivity index (χ4v) is 2.47. The van der Waals surface area contributed by atoms with Crippen LogP contribution >= 0.6 is 11.3 Å². The summed E-state index contributed by atoms with van der Waals surface area (Å²) < 4.78 is 11.6. The van der Waals surface area contributed by atoms with Gasteiger partial charge in [0.05, 0.1) is 19.4 Å². The van der Waals surface area contributed by atoms with Gasteiger partial charge in [-0.25, -0.2) is 9.31 Å². The summed E-state index contributed by atoms with van der Waals surface area (Å²) >= 11 is 1.49. The normalized spacial score (nSPS) is 11.4.